The summed E-state index contributed by atoms with van der Waals surface area (Å²) in [6.45, 7) is 6.99. The van der Waals surface area contributed by atoms with E-state index in [-0.39, 0.29) is 16.5 Å². The van der Waals surface area contributed by atoms with Crippen LogP contribution in [0.3, 0.4) is 0 Å². The van der Waals surface area contributed by atoms with E-state index >= 15 is 0 Å². The Morgan fingerprint density at radius 2 is 1.73 bits per heavy atom. The fourth-order valence-corrected chi connectivity index (χ4v) is 6.93. The van der Waals surface area contributed by atoms with Crippen molar-refractivity contribution in [2.75, 3.05) is 54.9 Å². The van der Waals surface area contributed by atoms with Crippen molar-refractivity contribution in [1.29, 1.82) is 0 Å². The zero-order valence-corrected chi connectivity index (χ0v) is 24.1. The number of carbonyl (C=O) groups excluding carboxylic acids is 3. The number of ether oxygens (including phenoxy) is 1. The number of amides is 4. The molecular weight excluding hydrogens is 566 g/mol. The van der Waals surface area contributed by atoms with Crippen LogP contribution in [0.5, 0.6) is 0 Å². The second-order valence-corrected chi connectivity index (χ2v) is 13.0. The summed E-state index contributed by atoms with van der Waals surface area (Å²) in [5.41, 5.74) is 2.64. The van der Waals surface area contributed by atoms with Gasteiger partial charge in [0.25, 0.3) is 15.9 Å². The Kier molecular flexibility index (Phi) is 8.68. The van der Waals surface area contributed by atoms with E-state index in [1.54, 1.807) is 19.1 Å². The lowest BCUT2D eigenvalue weighted by Gasteiger charge is -2.27. The average molecular weight is 598 g/mol. The van der Waals surface area contributed by atoms with E-state index in [9.17, 15) is 22.8 Å². The molecule has 2 aliphatic rings. The normalized spacial score (nSPS) is 15.9. The summed E-state index contributed by atoms with van der Waals surface area (Å²) < 4.78 is 32.1. The Hall–Kier alpha value is -3.78. The molecule has 3 aromatic rings. The number of thiophene rings is 1. The van der Waals surface area contributed by atoms with Crippen molar-refractivity contribution < 1.29 is 27.5 Å². The van der Waals surface area contributed by atoms with Crippen LogP contribution in [0.2, 0.25) is 0 Å². The zero-order valence-electron chi connectivity index (χ0n) is 22.5. The van der Waals surface area contributed by atoms with Crippen LogP contribution in [-0.2, 0) is 26.0 Å². The van der Waals surface area contributed by atoms with Crippen LogP contribution in [-0.4, -0.2) is 70.6 Å². The predicted molar refractivity (Wildman–Crippen MR) is 157 cm³/mol. The van der Waals surface area contributed by atoms with Gasteiger partial charge < -0.3 is 15.4 Å². The second kappa shape index (κ2) is 12.4. The molecule has 3 N–H and O–H groups in total. The molecule has 1 fully saturated rings. The Labute approximate surface area is 242 Å². The zero-order chi connectivity index (χ0) is 29.0. The van der Waals surface area contributed by atoms with Crippen LogP contribution in [0.4, 0.5) is 21.9 Å². The minimum absolute atomic E-state index is 0.0366. The number of hydrogen-bond donors (Lipinski definition) is 3. The van der Waals surface area contributed by atoms with E-state index in [2.05, 4.69) is 15.5 Å². The maximum atomic E-state index is 13.3. The molecule has 0 unspecified atom stereocenters. The lowest BCUT2D eigenvalue weighted by Crippen LogP contribution is -2.42. The molecule has 13 heteroatoms. The summed E-state index contributed by atoms with van der Waals surface area (Å²) in [6, 6.07) is 13.6. The third kappa shape index (κ3) is 6.93. The van der Waals surface area contributed by atoms with Gasteiger partial charge in [-0.15, -0.1) is 11.3 Å². The Balaban J connectivity index is 1.17. The van der Waals surface area contributed by atoms with E-state index in [0.29, 0.717) is 22.5 Å². The molecule has 0 spiro atoms. The van der Waals surface area contributed by atoms with Crippen molar-refractivity contribution in [3.8, 4) is 0 Å². The molecule has 3 heterocycles. The predicted octanol–water partition coefficient (Wildman–Crippen LogP) is 3.43. The van der Waals surface area contributed by atoms with E-state index in [1.807, 2.05) is 16.9 Å². The molecule has 5 rings (SSSR count). The first kappa shape index (κ1) is 28.7. The first-order valence-electron chi connectivity index (χ1n) is 13.2. The maximum absolute atomic E-state index is 13.3. The quantitative estimate of drug-likeness (QED) is 0.252. The highest BCUT2D eigenvalue weighted by atomic mass is 32.2. The number of benzene rings is 2. The minimum atomic E-state index is -3.99. The van der Waals surface area contributed by atoms with Crippen molar-refractivity contribution in [3.05, 3.63) is 70.6 Å². The number of hydrogen-bond acceptors (Lipinski definition) is 9. The molecular formula is C28H31N5O6S2. The smallest absolute Gasteiger partial charge is 0.333 e. The van der Waals surface area contributed by atoms with Gasteiger partial charge in [-0.25, -0.2) is 22.8 Å². The number of rotatable bonds is 9. The number of nitrogens with zero attached hydrogens (tertiary/aromatic N) is 2. The van der Waals surface area contributed by atoms with Gasteiger partial charge in [0.1, 0.15) is 4.21 Å². The standard InChI is InChI=1S/C28H31N5O6S2/c1-19-3-10-26(40-19)41(37,38)31-28(36)30-21-4-7-23(8-5-21)33-25(34)18-20-17-22(6-9-24(20)27(33)35)29-11-2-12-32-13-15-39-16-14-32/h3-10,17,29H,2,11-16,18H2,1H3,(H2,30,31,36). The molecule has 0 radical (unpaired) electrons. The van der Waals surface area contributed by atoms with Crippen molar-refractivity contribution >= 4 is 56.3 Å². The molecule has 0 saturated carbocycles. The topological polar surface area (TPSA) is 137 Å². The van der Waals surface area contributed by atoms with E-state index in [0.717, 1.165) is 72.6 Å². The van der Waals surface area contributed by atoms with Crippen LogP contribution in [0.25, 0.3) is 0 Å². The average Bonchev–Trinajstić information content (AvgIpc) is 3.39. The van der Waals surface area contributed by atoms with Gasteiger partial charge in [-0.1, -0.05) is 0 Å². The SMILES string of the molecule is Cc1ccc(S(=O)(=O)NC(=O)Nc2ccc(N3C(=O)Cc4cc(NCCCN5CCOCC5)ccc4C3=O)cc2)s1. The third-order valence-corrected chi connectivity index (χ3v) is 9.63. The number of nitrogens with one attached hydrogen (secondary N) is 3. The molecule has 1 aromatic heterocycles. The van der Waals surface area contributed by atoms with E-state index in [4.69, 9.17) is 4.74 Å². The first-order chi connectivity index (χ1) is 19.7. The van der Waals surface area contributed by atoms with Gasteiger partial charge in [0.05, 0.1) is 25.3 Å². The third-order valence-electron chi connectivity index (χ3n) is 6.80. The summed E-state index contributed by atoms with van der Waals surface area (Å²) >= 11 is 1.06. The second-order valence-electron chi connectivity index (χ2n) is 9.79. The highest BCUT2D eigenvalue weighted by Gasteiger charge is 2.32. The number of fused-ring (bicyclic) bond motifs is 1. The largest absolute Gasteiger partial charge is 0.385 e. The monoisotopic (exact) mass is 597 g/mol. The molecule has 0 bridgehead atoms. The van der Waals surface area contributed by atoms with Gasteiger partial charge in [0.2, 0.25) is 5.91 Å². The Bertz CT molecular complexity index is 1550. The summed E-state index contributed by atoms with van der Waals surface area (Å²) in [5.74, 6) is -0.784. The highest BCUT2D eigenvalue weighted by Crippen LogP contribution is 2.28. The van der Waals surface area contributed by atoms with Crippen molar-refractivity contribution in [2.45, 2.75) is 24.0 Å². The number of anilines is 3. The fourth-order valence-electron chi connectivity index (χ4n) is 4.73. The molecule has 0 atom stereocenters. The number of morpholine rings is 1. The molecule has 11 nitrogen and oxygen atoms in total. The number of sulfonamides is 1. The summed E-state index contributed by atoms with van der Waals surface area (Å²) in [5, 5.41) is 5.84. The number of urea groups is 1. The van der Waals surface area contributed by atoms with Crippen molar-refractivity contribution in [3.63, 3.8) is 0 Å². The van der Waals surface area contributed by atoms with Crippen LogP contribution in [0, 0.1) is 6.92 Å². The van der Waals surface area contributed by atoms with Gasteiger partial charge >= 0.3 is 6.03 Å². The highest BCUT2D eigenvalue weighted by molar-refractivity contribution is 7.92. The summed E-state index contributed by atoms with van der Waals surface area (Å²) in [6.07, 6.45) is 1.05. The molecule has 2 aromatic carbocycles. The first-order valence-corrected chi connectivity index (χ1v) is 15.5. The Morgan fingerprint density at radius 3 is 2.44 bits per heavy atom. The van der Waals surface area contributed by atoms with Crippen LogP contribution >= 0.6 is 11.3 Å². The number of carbonyl (C=O) groups is 3. The molecule has 216 valence electrons. The lowest BCUT2D eigenvalue weighted by molar-refractivity contribution is -0.117. The van der Waals surface area contributed by atoms with E-state index < -0.39 is 22.0 Å². The molecule has 4 amide bonds. The van der Waals surface area contributed by atoms with Crippen LogP contribution < -0.4 is 20.3 Å². The van der Waals surface area contributed by atoms with Gasteiger partial charge in [0, 0.05) is 41.4 Å². The fraction of sp³-hybridized carbons (Fsp3) is 0.321. The minimum Gasteiger partial charge on any atom is -0.385 e. The lowest BCUT2D eigenvalue weighted by atomic mass is 9.97. The van der Waals surface area contributed by atoms with Gasteiger partial charge in [-0.05, 0) is 80.1 Å². The van der Waals surface area contributed by atoms with Gasteiger partial charge in [-0.3, -0.25) is 14.5 Å². The van der Waals surface area contributed by atoms with E-state index in [1.165, 1.54) is 30.3 Å². The Morgan fingerprint density at radius 1 is 1.00 bits per heavy atom. The van der Waals surface area contributed by atoms with Gasteiger partial charge in [0.15, 0.2) is 0 Å². The van der Waals surface area contributed by atoms with Crippen LogP contribution in [0.1, 0.15) is 27.2 Å². The maximum Gasteiger partial charge on any atom is 0.333 e. The number of imide groups is 1. The molecule has 2 aliphatic heterocycles. The summed E-state index contributed by atoms with van der Waals surface area (Å²) in [4.78, 5) is 42.8. The molecule has 1 saturated heterocycles. The van der Waals surface area contributed by atoms with Crippen LogP contribution in [0.15, 0.2) is 58.8 Å². The van der Waals surface area contributed by atoms with Gasteiger partial charge in [-0.2, -0.15) is 0 Å². The van der Waals surface area contributed by atoms with Crippen molar-refractivity contribution in [2.24, 2.45) is 0 Å². The summed E-state index contributed by atoms with van der Waals surface area (Å²) in [7, 11) is -3.99. The van der Waals surface area contributed by atoms with Crippen molar-refractivity contribution in [1.82, 2.24) is 9.62 Å². The molecule has 0 aliphatic carbocycles. The molecule has 41 heavy (non-hydrogen) atoms. The number of aryl methyl sites for hydroxylation is 1.